The Bertz CT molecular complexity index is 846. The first-order valence-corrected chi connectivity index (χ1v) is 13.1. The highest BCUT2D eigenvalue weighted by Gasteiger charge is 2.67. The fourth-order valence-corrected chi connectivity index (χ4v) is 8.70. The van der Waals surface area contributed by atoms with Crippen molar-refractivity contribution < 1.29 is 47.6 Å². The molecular formula is C25H37BrO10. The molecule has 0 amide bonds. The van der Waals surface area contributed by atoms with E-state index in [1.165, 1.54) is 35.4 Å². The summed E-state index contributed by atoms with van der Waals surface area (Å²) in [7, 11) is 5.36. The van der Waals surface area contributed by atoms with Crippen LogP contribution in [0.5, 0.6) is 0 Å². The molecule has 0 saturated heterocycles. The van der Waals surface area contributed by atoms with Crippen molar-refractivity contribution in [2.45, 2.75) is 63.0 Å². The van der Waals surface area contributed by atoms with Crippen molar-refractivity contribution in [1.29, 1.82) is 0 Å². The van der Waals surface area contributed by atoms with Crippen LogP contribution in [0, 0.1) is 34.5 Å². The van der Waals surface area contributed by atoms with Gasteiger partial charge in [0.25, 0.3) is 0 Å². The maximum Gasteiger partial charge on any atom is 0.323 e. The van der Waals surface area contributed by atoms with Gasteiger partial charge in [-0.2, -0.15) is 0 Å². The van der Waals surface area contributed by atoms with Gasteiger partial charge in [0.15, 0.2) is 5.41 Å². The topological polar surface area (TPSA) is 124 Å². The summed E-state index contributed by atoms with van der Waals surface area (Å²) >= 11 is 3.80. The van der Waals surface area contributed by atoms with Crippen LogP contribution in [0.1, 0.15) is 46.0 Å². The van der Waals surface area contributed by atoms with Crippen LogP contribution < -0.4 is 0 Å². The van der Waals surface area contributed by atoms with Gasteiger partial charge in [0.1, 0.15) is 12.9 Å². The van der Waals surface area contributed by atoms with E-state index in [0.29, 0.717) is 12.8 Å². The largest absolute Gasteiger partial charge is 0.469 e. The molecule has 0 unspecified atom stereocenters. The fraction of sp³-hybridized carbons (Fsp3) is 0.840. The second-order valence-corrected chi connectivity index (χ2v) is 11.4. The molecule has 3 aliphatic rings. The zero-order valence-corrected chi connectivity index (χ0v) is 23.3. The molecule has 0 bridgehead atoms. The minimum Gasteiger partial charge on any atom is -0.469 e. The van der Waals surface area contributed by atoms with E-state index in [9.17, 15) is 19.2 Å². The molecule has 3 rings (SSSR count). The van der Waals surface area contributed by atoms with Crippen molar-refractivity contribution >= 4 is 39.8 Å². The van der Waals surface area contributed by atoms with Gasteiger partial charge < -0.3 is 28.4 Å². The molecule has 0 heterocycles. The summed E-state index contributed by atoms with van der Waals surface area (Å²) in [5.41, 5.74) is -1.88. The molecule has 11 heteroatoms. The van der Waals surface area contributed by atoms with Crippen LogP contribution in [0.15, 0.2) is 0 Å². The molecule has 204 valence electrons. The van der Waals surface area contributed by atoms with Crippen LogP contribution >= 0.6 is 15.9 Å². The molecule has 36 heavy (non-hydrogen) atoms. The number of alkyl halides is 1. The highest BCUT2D eigenvalue weighted by Crippen LogP contribution is 2.65. The molecule has 0 spiro atoms. The van der Waals surface area contributed by atoms with E-state index in [4.69, 9.17) is 28.4 Å². The van der Waals surface area contributed by atoms with E-state index in [2.05, 4.69) is 22.9 Å². The third-order valence-corrected chi connectivity index (χ3v) is 9.84. The SMILES string of the molecule is COCO[C@H]1CC[C@@]2(C)[C@@H]([C@@H](Br)[C@H](OC(C)=O)[C@@H]3CC(C(=O)OC)(C(=O)OC)CC[C@H]32)[C@@H]1C(=O)OC. The molecule has 3 fully saturated rings. The summed E-state index contributed by atoms with van der Waals surface area (Å²) < 4.78 is 32.2. The van der Waals surface area contributed by atoms with Crippen molar-refractivity contribution in [2.75, 3.05) is 35.2 Å². The second-order valence-electron chi connectivity index (χ2n) is 10.3. The summed E-state index contributed by atoms with van der Waals surface area (Å²) in [6.07, 6.45) is 1.06. The quantitative estimate of drug-likeness (QED) is 0.147. The van der Waals surface area contributed by atoms with Crippen LogP contribution in [-0.2, 0) is 47.6 Å². The average molecular weight is 577 g/mol. The van der Waals surface area contributed by atoms with Gasteiger partial charge in [0, 0.05) is 20.0 Å². The Morgan fingerprint density at radius 1 is 0.944 bits per heavy atom. The van der Waals surface area contributed by atoms with Crippen LogP contribution in [0.2, 0.25) is 0 Å². The molecule has 10 nitrogen and oxygen atoms in total. The van der Waals surface area contributed by atoms with E-state index in [1.54, 1.807) is 0 Å². The van der Waals surface area contributed by atoms with Crippen LogP contribution in [-0.4, -0.2) is 76.1 Å². The van der Waals surface area contributed by atoms with E-state index in [-0.39, 0.29) is 42.8 Å². The zero-order valence-electron chi connectivity index (χ0n) is 21.7. The number of halogens is 1. The van der Waals surface area contributed by atoms with Gasteiger partial charge in [-0.15, -0.1) is 0 Å². The molecular weight excluding hydrogens is 540 g/mol. The minimum atomic E-state index is -1.49. The van der Waals surface area contributed by atoms with Gasteiger partial charge in [-0.05, 0) is 49.4 Å². The summed E-state index contributed by atoms with van der Waals surface area (Å²) in [6.45, 7) is 3.50. The standard InChI is InChI=1S/C25H37BrO10/c1-13(27)36-20-14-11-25(22(29)33-5,23(30)34-6)10-7-15(14)24(2)9-8-16(35-12-31-3)17(21(28)32-4)18(24)19(20)26/h14-20H,7-12H2,1-6H3/t14-,15-,16+,17-,18-,19-,20-,24-/m1/s1. The summed E-state index contributed by atoms with van der Waals surface area (Å²) in [5, 5.41) is 0. The Kier molecular flexibility index (Phi) is 9.09. The fourth-order valence-electron chi connectivity index (χ4n) is 7.27. The third-order valence-electron chi connectivity index (χ3n) is 8.75. The maximum atomic E-state index is 13.1. The highest BCUT2D eigenvalue weighted by molar-refractivity contribution is 9.09. The van der Waals surface area contributed by atoms with Crippen LogP contribution in [0.25, 0.3) is 0 Å². The summed E-state index contributed by atoms with van der Waals surface area (Å²) in [6, 6.07) is 0. The van der Waals surface area contributed by atoms with Gasteiger partial charge in [-0.3, -0.25) is 19.2 Å². The lowest BCUT2D eigenvalue weighted by Crippen LogP contribution is -2.66. The van der Waals surface area contributed by atoms with Gasteiger partial charge >= 0.3 is 23.9 Å². The lowest BCUT2D eigenvalue weighted by atomic mass is 9.44. The Morgan fingerprint density at radius 2 is 1.58 bits per heavy atom. The number of ether oxygens (including phenoxy) is 6. The number of carbonyl (C=O) groups is 4. The number of fused-ring (bicyclic) bond motifs is 3. The molecule has 3 aliphatic carbocycles. The zero-order chi connectivity index (χ0) is 26.8. The molecule has 0 aromatic heterocycles. The Balaban J connectivity index is 2.10. The van der Waals surface area contributed by atoms with Gasteiger partial charge in [-0.25, -0.2) is 0 Å². The number of rotatable bonds is 7. The Labute approximate surface area is 220 Å². The van der Waals surface area contributed by atoms with Gasteiger partial charge in [0.05, 0.1) is 38.2 Å². The summed E-state index contributed by atoms with van der Waals surface area (Å²) in [4.78, 5) is 50.8. The number of esters is 4. The van der Waals surface area contributed by atoms with Crippen molar-refractivity contribution in [1.82, 2.24) is 0 Å². The number of methoxy groups -OCH3 is 4. The molecule has 3 saturated carbocycles. The monoisotopic (exact) mass is 576 g/mol. The van der Waals surface area contributed by atoms with Crippen LogP contribution in [0.3, 0.4) is 0 Å². The molecule has 0 aromatic rings. The van der Waals surface area contributed by atoms with E-state index in [1.807, 2.05) is 0 Å². The molecule has 0 aromatic carbocycles. The average Bonchev–Trinajstić information content (AvgIpc) is 2.87. The van der Waals surface area contributed by atoms with Crippen molar-refractivity contribution in [3.63, 3.8) is 0 Å². The van der Waals surface area contributed by atoms with Crippen molar-refractivity contribution in [3.8, 4) is 0 Å². The van der Waals surface area contributed by atoms with E-state index >= 15 is 0 Å². The Hall–Kier alpha value is -1.72. The van der Waals surface area contributed by atoms with Crippen LogP contribution in [0.4, 0.5) is 0 Å². The molecule has 8 atom stereocenters. The van der Waals surface area contributed by atoms with Crippen molar-refractivity contribution in [2.24, 2.45) is 34.5 Å². The highest BCUT2D eigenvalue weighted by atomic mass is 79.9. The lowest BCUT2D eigenvalue weighted by molar-refractivity contribution is -0.211. The lowest BCUT2D eigenvalue weighted by Gasteiger charge is -2.63. The third kappa shape index (κ3) is 4.78. The minimum absolute atomic E-state index is 0.0365. The van der Waals surface area contributed by atoms with Gasteiger partial charge in [0.2, 0.25) is 0 Å². The molecule has 0 N–H and O–H groups in total. The maximum absolute atomic E-state index is 13.1. The molecule has 0 aliphatic heterocycles. The predicted molar refractivity (Wildman–Crippen MR) is 129 cm³/mol. The summed E-state index contributed by atoms with van der Waals surface area (Å²) in [5.74, 6) is -3.51. The first kappa shape index (κ1) is 28.8. The second kappa shape index (κ2) is 11.3. The first-order valence-electron chi connectivity index (χ1n) is 12.2. The van der Waals surface area contributed by atoms with Crippen molar-refractivity contribution in [3.05, 3.63) is 0 Å². The number of carbonyl (C=O) groups excluding carboxylic acids is 4. The smallest absolute Gasteiger partial charge is 0.323 e. The predicted octanol–water partition coefficient (Wildman–Crippen LogP) is 2.64. The normalized spacial score (nSPS) is 37.0. The van der Waals surface area contributed by atoms with Gasteiger partial charge in [-0.1, -0.05) is 22.9 Å². The Morgan fingerprint density at radius 3 is 2.11 bits per heavy atom. The first-order chi connectivity index (χ1) is 17.0. The van der Waals surface area contributed by atoms with E-state index < -0.39 is 52.2 Å². The number of hydrogen-bond acceptors (Lipinski definition) is 10. The molecule has 0 radical (unpaired) electrons. The number of hydrogen-bond donors (Lipinski definition) is 0. The van der Waals surface area contributed by atoms with E-state index in [0.717, 1.165) is 6.42 Å².